The van der Waals surface area contributed by atoms with Crippen LogP contribution >= 0.6 is 0 Å². The molecule has 1 unspecified atom stereocenters. The van der Waals surface area contributed by atoms with Crippen molar-refractivity contribution in [1.29, 1.82) is 0 Å². The van der Waals surface area contributed by atoms with Crippen molar-refractivity contribution >= 4 is 12.0 Å². The fourth-order valence-electron chi connectivity index (χ4n) is 2.81. The molecule has 0 saturated heterocycles. The van der Waals surface area contributed by atoms with Gasteiger partial charge in [-0.3, -0.25) is 4.79 Å². The number of amides is 1. The van der Waals surface area contributed by atoms with Gasteiger partial charge in [0.2, 0.25) is 5.91 Å². The van der Waals surface area contributed by atoms with Gasteiger partial charge in [-0.15, -0.1) is 0 Å². The molecule has 0 radical (unpaired) electrons. The number of methoxy groups -OCH3 is 1. The lowest BCUT2D eigenvalue weighted by molar-refractivity contribution is -0.116. The average Bonchev–Trinajstić information content (AvgIpc) is 3.25. The number of hydrogen-bond donors (Lipinski definition) is 1. The fourth-order valence-corrected chi connectivity index (χ4v) is 2.81. The summed E-state index contributed by atoms with van der Waals surface area (Å²) in [6.07, 6.45) is 4.67. The fraction of sp³-hybridized carbons (Fsp3) is 0.174. The van der Waals surface area contributed by atoms with E-state index in [1.54, 1.807) is 31.6 Å². The van der Waals surface area contributed by atoms with Gasteiger partial charge >= 0.3 is 0 Å². The zero-order valence-corrected chi connectivity index (χ0v) is 15.9. The number of furan rings is 1. The first-order chi connectivity index (χ1) is 13.7. The molecule has 5 heteroatoms. The molecule has 0 aliphatic carbocycles. The van der Waals surface area contributed by atoms with Gasteiger partial charge in [-0.25, -0.2) is 0 Å². The molecule has 1 aromatic heterocycles. The Morgan fingerprint density at radius 2 is 1.68 bits per heavy atom. The average molecular weight is 377 g/mol. The molecule has 144 valence electrons. The Morgan fingerprint density at radius 3 is 2.21 bits per heavy atom. The summed E-state index contributed by atoms with van der Waals surface area (Å²) in [6.45, 7) is 2.55. The third kappa shape index (κ3) is 5.04. The van der Waals surface area contributed by atoms with Crippen LogP contribution in [0, 0.1) is 0 Å². The van der Waals surface area contributed by atoms with Gasteiger partial charge in [0.05, 0.1) is 26.0 Å². The van der Waals surface area contributed by atoms with Crippen LogP contribution in [-0.2, 0) is 4.79 Å². The van der Waals surface area contributed by atoms with Crippen molar-refractivity contribution in [3.05, 3.63) is 89.9 Å². The monoisotopic (exact) mass is 377 g/mol. The molecule has 0 saturated carbocycles. The third-order valence-electron chi connectivity index (χ3n) is 4.20. The van der Waals surface area contributed by atoms with Crippen LogP contribution in [0.4, 0.5) is 0 Å². The van der Waals surface area contributed by atoms with E-state index in [0.29, 0.717) is 12.4 Å². The van der Waals surface area contributed by atoms with Crippen molar-refractivity contribution in [1.82, 2.24) is 5.32 Å². The van der Waals surface area contributed by atoms with Crippen molar-refractivity contribution in [2.45, 2.75) is 13.0 Å². The summed E-state index contributed by atoms with van der Waals surface area (Å²) in [4.78, 5) is 12.5. The Labute approximate surface area is 164 Å². The Bertz CT molecular complexity index is 897. The molecule has 1 heterocycles. The Kier molecular flexibility index (Phi) is 6.52. The molecular formula is C23H23NO4. The van der Waals surface area contributed by atoms with Crippen LogP contribution in [0.5, 0.6) is 11.5 Å². The maximum absolute atomic E-state index is 12.5. The number of nitrogens with one attached hydrogen (secondary N) is 1. The van der Waals surface area contributed by atoms with Crippen molar-refractivity contribution in [2.75, 3.05) is 13.7 Å². The predicted molar refractivity (Wildman–Crippen MR) is 108 cm³/mol. The quantitative estimate of drug-likeness (QED) is 0.583. The SMILES string of the molecule is CCOc1ccc(C(NC(=O)/C=C/c2ccco2)c2ccc(OC)cc2)cc1. The third-order valence-corrected chi connectivity index (χ3v) is 4.20. The van der Waals surface area contributed by atoms with E-state index in [0.717, 1.165) is 22.6 Å². The minimum Gasteiger partial charge on any atom is -0.497 e. The van der Waals surface area contributed by atoms with Gasteiger partial charge in [-0.05, 0) is 60.5 Å². The predicted octanol–water partition coefficient (Wildman–Crippen LogP) is 4.61. The minimum atomic E-state index is -0.310. The van der Waals surface area contributed by atoms with E-state index >= 15 is 0 Å². The molecule has 0 aliphatic rings. The zero-order valence-electron chi connectivity index (χ0n) is 15.9. The normalized spacial score (nSPS) is 11.9. The van der Waals surface area contributed by atoms with Crippen molar-refractivity contribution < 1.29 is 18.7 Å². The molecule has 2 aromatic carbocycles. The summed E-state index contributed by atoms with van der Waals surface area (Å²) < 4.78 is 16.0. The lowest BCUT2D eigenvalue weighted by Gasteiger charge is -2.20. The summed E-state index contributed by atoms with van der Waals surface area (Å²) in [5, 5.41) is 3.05. The van der Waals surface area contributed by atoms with E-state index in [4.69, 9.17) is 13.9 Å². The maximum Gasteiger partial charge on any atom is 0.244 e. The second-order valence-corrected chi connectivity index (χ2v) is 6.07. The maximum atomic E-state index is 12.5. The standard InChI is InChI=1S/C23H23NO4/c1-3-27-21-12-8-18(9-13-21)23(17-6-10-19(26-2)11-7-17)24-22(25)15-14-20-5-4-16-28-20/h4-16,23H,3H2,1-2H3,(H,24,25)/b15-14+. The van der Waals surface area contributed by atoms with Gasteiger partial charge in [-0.1, -0.05) is 24.3 Å². The van der Waals surface area contributed by atoms with Crippen LogP contribution < -0.4 is 14.8 Å². The molecule has 1 N–H and O–H groups in total. The number of ether oxygens (including phenoxy) is 2. The topological polar surface area (TPSA) is 60.7 Å². The zero-order chi connectivity index (χ0) is 19.8. The highest BCUT2D eigenvalue weighted by molar-refractivity contribution is 5.91. The van der Waals surface area contributed by atoms with E-state index in [1.165, 1.54) is 6.08 Å². The van der Waals surface area contributed by atoms with Gasteiger partial charge in [0.1, 0.15) is 17.3 Å². The lowest BCUT2D eigenvalue weighted by atomic mass is 9.98. The number of carbonyl (C=O) groups is 1. The smallest absolute Gasteiger partial charge is 0.244 e. The van der Waals surface area contributed by atoms with Gasteiger partial charge in [0, 0.05) is 6.08 Å². The summed E-state index contributed by atoms with van der Waals surface area (Å²) in [6, 6.07) is 18.6. The van der Waals surface area contributed by atoms with Crippen molar-refractivity contribution in [3.63, 3.8) is 0 Å². The van der Waals surface area contributed by atoms with Gasteiger partial charge in [-0.2, -0.15) is 0 Å². The van der Waals surface area contributed by atoms with E-state index in [2.05, 4.69) is 5.32 Å². The summed E-state index contributed by atoms with van der Waals surface area (Å²) in [5.74, 6) is 1.96. The number of benzene rings is 2. The molecule has 5 nitrogen and oxygen atoms in total. The first-order valence-corrected chi connectivity index (χ1v) is 9.08. The Hall–Kier alpha value is -3.47. The van der Waals surface area contributed by atoms with E-state index in [9.17, 15) is 4.79 Å². The van der Waals surface area contributed by atoms with Crippen molar-refractivity contribution in [2.24, 2.45) is 0 Å². The highest BCUT2D eigenvalue weighted by Crippen LogP contribution is 2.26. The molecule has 0 aliphatic heterocycles. The van der Waals surface area contributed by atoms with Crippen LogP contribution in [0.15, 0.2) is 77.4 Å². The van der Waals surface area contributed by atoms with Crippen LogP contribution in [0.2, 0.25) is 0 Å². The van der Waals surface area contributed by atoms with Gasteiger partial charge < -0.3 is 19.2 Å². The highest BCUT2D eigenvalue weighted by atomic mass is 16.5. The first kappa shape index (κ1) is 19.3. The highest BCUT2D eigenvalue weighted by Gasteiger charge is 2.16. The van der Waals surface area contributed by atoms with Crippen LogP contribution in [0.1, 0.15) is 29.9 Å². The number of hydrogen-bond acceptors (Lipinski definition) is 4. The molecule has 1 atom stereocenters. The molecule has 0 fully saturated rings. The molecule has 0 spiro atoms. The largest absolute Gasteiger partial charge is 0.497 e. The summed E-state index contributed by atoms with van der Waals surface area (Å²) in [7, 11) is 1.63. The Balaban J connectivity index is 1.83. The first-order valence-electron chi connectivity index (χ1n) is 9.08. The second kappa shape index (κ2) is 9.46. The molecular weight excluding hydrogens is 354 g/mol. The lowest BCUT2D eigenvalue weighted by Crippen LogP contribution is -2.27. The number of rotatable bonds is 8. The molecule has 3 aromatic rings. The molecule has 28 heavy (non-hydrogen) atoms. The Morgan fingerprint density at radius 1 is 1.04 bits per heavy atom. The van der Waals surface area contributed by atoms with Crippen LogP contribution in [-0.4, -0.2) is 19.6 Å². The van der Waals surface area contributed by atoms with Crippen LogP contribution in [0.3, 0.4) is 0 Å². The molecule has 3 rings (SSSR count). The van der Waals surface area contributed by atoms with Gasteiger partial charge in [0.15, 0.2) is 0 Å². The molecule has 0 bridgehead atoms. The minimum absolute atomic E-state index is 0.217. The van der Waals surface area contributed by atoms with E-state index in [-0.39, 0.29) is 11.9 Å². The summed E-state index contributed by atoms with van der Waals surface area (Å²) >= 11 is 0. The summed E-state index contributed by atoms with van der Waals surface area (Å²) in [5.41, 5.74) is 1.90. The van der Waals surface area contributed by atoms with Crippen LogP contribution in [0.25, 0.3) is 6.08 Å². The van der Waals surface area contributed by atoms with E-state index in [1.807, 2.05) is 55.5 Å². The van der Waals surface area contributed by atoms with Gasteiger partial charge in [0.25, 0.3) is 0 Å². The van der Waals surface area contributed by atoms with E-state index < -0.39 is 0 Å². The van der Waals surface area contributed by atoms with Crippen molar-refractivity contribution in [3.8, 4) is 11.5 Å². The second-order valence-electron chi connectivity index (χ2n) is 6.07. The number of carbonyl (C=O) groups excluding carboxylic acids is 1. The molecule has 1 amide bonds.